The number of rotatable bonds is 6. The van der Waals surface area contributed by atoms with Crippen molar-refractivity contribution in [3.05, 3.63) is 11.8 Å². The Hall–Kier alpha value is -2.18. The molecule has 0 radical (unpaired) electrons. The monoisotopic (exact) mass is 359 g/mol. The van der Waals surface area contributed by atoms with Gasteiger partial charge in [0, 0.05) is 56.7 Å². The van der Waals surface area contributed by atoms with Crippen LogP contribution in [0.1, 0.15) is 50.6 Å². The lowest BCUT2D eigenvalue weighted by Crippen LogP contribution is -2.36. The largest absolute Gasteiger partial charge is 0.356 e. The van der Waals surface area contributed by atoms with E-state index in [0.717, 1.165) is 24.6 Å². The molecule has 0 atom stereocenters. The molecule has 0 aromatic carbocycles. The lowest BCUT2D eigenvalue weighted by Gasteiger charge is -2.28. The van der Waals surface area contributed by atoms with Gasteiger partial charge in [-0.15, -0.1) is 0 Å². The number of carbonyl (C=O) groups is 2. The van der Waals surface area contributed by atoms with Crippen LogP contribution in [0.15, 0.2) is 6.07 Å². The highest BCUT2D eigenvalue weighted by Gasteiger charge is 2.24. The van der Waals surface area contributed by atoms with Crippen LogP contribution >= 0.6 is 0 Å². The van der Waals surface area contributed by atoms with Gasteiger partial charge in [0.15, 0.2) is 0 Å². The Kier molecular flexibility index (Phi) is 6.41. The van der Waals surface area contributed by atoms with Gasteiger partial charge in [-0.1, -0.05) is 0 Å². The van der Waals surface area contributed by atoms with Crippen molar-refractivity contribution in [1.29, 1.82) is 0 Å². The average molecular weight is 359 g/mol. The molecule has 1 aliphatic heterocycles. The van der Waals surface area contributed by atoms with E-state index in [1.165, 1.54) is 19.3 Å². The van der Waals surface area contributed by atoms with E-state index in [1.807, 2.05) is 13.0 Å². The number of Topliss-reactive ketones (excluding diaryl/α,β-unsaturated/α-hetero) is 1. The molecule has 0 spiro atoms. The van der Waals surface area contributed by atoms with Crippen molar-refractivity contribution in [1.82, 2.24) is 15.3 Å². The minimum Gasteiger partial charge on any atom is -0.356 e. The normalized spacial score (nSPS) is 18.7. The van der Waals surface area contributed by atoms with E-state index in [4.69, 9.17) is 0 Å². The molecule has 7 nitrogen and oxygen atoms in total. The van der Waals surface area contributed by atoms with Gasteiger partial charge in [0.05, 0.1) is 0 Å². The van der Waals surface area contributed by atoms with Crippen LogP contribution in [0.4, 0.5) is 11.8 Å². The summed E-state index contributed by atoms with van der Waals surface area (Å²) < 4.78 is 0. The van der Waals surface area contributed by atoms with Crippen LogP contribution in [-0.4, -0.2) is 47.8 Å². The van der Waals surface area contributed by atoms with Gasteiger partial charge in [-0.25, -0.2) is 4.98 Å². The van der Waals surface area contributed by atoms with Crippen LogP contribution in [0, 0.1) is 12.8 Å². The maximum absolute atomic E-state index is 12.1. The van der Waals surface area contributed by atoms with Gasteiger partial charge in [0.25, 0.3) is 0 Å². The van der Waals surface area contributed by atoms with Gasteiger partial charge in [-0.2, -0.15) is 4.98 Å². The van der Waals surface area contributed by atoms with E-state index < -0.39 is 0 Å². The van der Waals surface area contributed by atoms with Crippen LogP contribution < -0.4 is 15.5 Å². The molecule has 1 amide bonds. The summed E-state index contributed by atoms with van der Waals surface area (Å²) in [7, 11) is 0. The van der Waals surface area contributed by atoms with Crippen LogP contribution in [0.3, 0.4) is 0 Å². The third kappa shape index (κ3) is 5.16. The van der Waals surface area contributed by atoms with E-state index in [1.54, 1.807) is 0 Å². The molecule has 2 heterocycles. The number of hydrogen-bond acceptors (Lipinski definition) is 6. The number of nitrogens with one attached hydrogen (secondary N) is 2. The first-order valence-electron chi connectivity index (χ1n) is 9.76. The fourth-order valence-corrected chi connectivity index (χ4v) is 3.62. The first kappa shape index (κ1) is 18.6. The zero-order chi connectivity index (χ0) is 18.4. The van der Waals surface area contributed by atoms with E-state index >= 15 is 0 Å². The number of amides is 1. The Balaban J connectivity index is 1.45. The number of aryl methyl sites for hydroxylation is 1. The molecule has 1 aliphatic carbocycles. The smallest absolute Gasteiger partial charge is 0.224 e. The molecule has 1 aromatic rings. The molecule has 1 aromatic heterocycles. The van der Waals surface area contributed by atoms with Crippen molar-refractivity contribution in [3.8, 4) is 0 Å². The van der Waals surface area contributed by atoms with Crippen LogP contribution in [0.5, 0.6) is 0 Å². The number of carbonyl (C=O) groups excluding carboxylic acids is 2. The average Bonchev–Trinajstić information content (AvgIpc) is 2.66. The van der Waals surface area contributed by atoms with Crippen molar-refractivity contribution in [2.75, 3.05) is 36.4 Å². The predicted octanol–water partition coefficient (Wildman–Crippen LogP) is 2.06. The lowest BCUT2D eigenvalue weighted by molar-refractivity contribution is -0.128. The zero-order valence-corrected chi connectivity index (χ0v) is 15.6. The molecular weight excluding hydrogens is 330 g/mol. The number of nitrogens with zero attached hydrogens (tertiary/aromatic N) is 3. The molecule has 2 aliphatic rings. The fourth-order valence-electron chi connectivity index (χ4n) is 3.62. The number of piperidine rings is 1. The van der Waals surface area contributed by atoms with Gasteiger partial charge in [0.2, 0.25) is 11.9 Å². The molecule has 142 valence electrons. The van der Waals surface area contributed by atoms with E-state index in [0.29, 0.717) is 44.7 Å². The van der Waals surface area contributed by atoms with Crippen molar-refractivity contribution in [2.45, 2.75) is 51.9 Å². The summed E-state index contributed by atoms with van der Waals surface area (Å²) in [5.74, 6) is 1.91. The van der Waals surface area contributed by atoms with Gasteiger partial charge in [-0.05, 0) is 39.0 Å². The Morgan fingerprint density at radius 3 is 2.62 bits per heavy atom. The van der Waals surface area contributed by atoms with Gasteiger partial charge in [-0.3, -0.25) is 9.59 Å². The van der Waals surface area contributed by atoms with E-state index in [9.17, 15) is 9.59 Å². The third-order valence-corrected chi connectivity index (χ3v) is 5.14. The number of hydrogen-bond donors (Lipinski definition) is 2. The minimum atomic E-state index is -0.0198. The first-order valence-corrected chi connectivity index (χ1v) is 9.76. The van der Waals surface area contributed by atoms with E-state index in [-0.39, 0.29) is 17.6 Å². The molecule has 0 bridgehead atoms. The number of ketones is 1. The highest BCUT2D eigenvalue weighted by atomic mass is 16.2. The van der Waals surface area contributed by atoms with E-state index in [2.05, 4.69) is 25.5 Å². The predicted molar refractivity (Wildman–Crippen MR) is 101 cm³/mol. The van der Waals surface area contributed by atoms with Crippen molar-refractivity contribution in [3.63, 3.8) is 0 Å². The highest BCUT2D eigenvalue weighted by molar-refractivity contribution is 5.84. The van der Waals surface area contributed by atoms with Gasteiger partial charge >= 0.3 is 0 Å². The molecule has 2 fully saturated rings. The minimum absolute atomic E-state index is 0.0198. The Labute approximate surface area is 155 Å². The standard InChI is InChI=1S/C19H29N5O2/c1-14-13-17(24-11-3-2-4-12-24)23-19(22-14)21-10-9-20-18(26)15-5-7-16(25)8-6-15/h13,15H,2-12H2,1H3,(H,20,26)(H,21,22,23). The Bertz CT molecular complexity index is 633. The van der Waals surface area contributed by atoms with Gasteiger partial charge < -0.3 is 15.5 Å². The summed E-state index contributed by atoms with van der Waals surface area (Å²) in [5.41, 5.74) is 0.944. The maximum Gasteiger partial charge on any atom is 0.224 e. The molecule has 2 N–H and O–H groups in total. The first-order chi connectivity index (χ1) is 12.6. The van der Waals surface area contributed by atoms with Crippen molar-refractivity contribution in [2.24, 2.45) is 5.92 Å². The van der Waals surface area contributed by atoms with Crippen molar-refractivity contribution < 1.29 is 9.59 Å². The SMILES string of the molecule is Cc1cc(N2CCCCC2)nc(NCCNC(=O)C2CCC(=O)CC2)n1. The molecule has 1 saturated carbocycles. The molecule has 26 heavy (non-hydrogen) atoms. The second kappa shape index (κ2) is 8.96. The fraction of sp³-hybridized carbons (Fsp3) is 0.684. The summed E-state index contributed by atoms with van der Waals surface area (Å²) >= 11 is 0. The summed E-state index contributed by atoms with van der Waals surface area (Å²) in [6, 6.07) is 2.03. The Morgan fingerprint density at radius 2 is 1.88 bits per heavy atom. The summed E-state index contributed by atoms with van der Waals surface area (Å²) in [4.78, 5) is 34.8. The summed E-state index contributed by atoms with van der Waals surface area (Å²) in [5, 5.41) is 6.16. The second-order valence-electron chi connectivity index (χ2n) is 7.27. The summed E-state index contributed by atoms with van der Waals surface area (Å²) in [6.07, 6.45) is 6.14. The topological polar surface area (TPSA) is 87.2 Å². The third-order valence-electron chi connectivity index (χ3n) is 5.14. The Morgan fingerprint density at radius 1 is 1.15 bits per heavy atom. The number of aromatic nitrogens is 2. The van der Waals surface area contributed by atoms with Gasteiger partial charge in [0.1, 0.15) is 11.6 Å². The van der Waals surface area contributed by atoms with Crippen molar-refractivity contribution >= 4 is 23.5 Å². The molecule has 7 heteroatoms. The second-order valence-corrected chi connectivity index (χ2v) is 7.27. The van der Waals surface area contributed by atoms with Crippen LogP contribution in [-0.2, 0) is 9.59 Å². The van der Waals surface area contributed by atoms with Crippen LogP contribution in [0.25, 0.3) is 0 Å². The number of anilines is 2. The molecular formula is C19H29N5O2. The maximum atomic E-state index is 12.1. The molecule has 3 rings (SSSR count). The van der Waals surface area contributed by atoms with Crippen LogP contribution in [0.2, 0.25) is 0 Å². The lowest BCUT2D eigenvalue weighted by atomic mass is 9.88. The highest BCUT2D eigenvalue weighted by Crippen LogP contribution is 2.21. The quantitative estimate of drug-likeness (QED) is 0.756. The molecule has 0 unspecified atom stereocenters. The summed E-state index contributed by atoms with van der Waals surface area (Å²) in [6.45, 7) is 5.19. The zero-order valence-electron chi connectivity index (χ0n) is 15.6. The molecule has 1 saturated heterocycles.